The maximum Gasteiger partial charge on any atom is 2.00 e. The zero-order chi connectivity index (χ0) is 34.8. The number of guanidine groups is 1. The molecule has 0 atom stereocenters. The molecule has 1 N–H and O–H groups in total. The molecular formula is C44H60ClN3Pb. The molecule has 4 aromatic carbocycles. The molecule has 0 spiro atoms. The van der Waals surface area contributed by atoms with Crippen molar-refractivity contribution in [3.05, 3.63) is 129 Å². The maximum absolute atomic E-state index is 5.43. The van der Waals surface area contributed by atoms with Gasteiger partial charge in [0.1, 0.15) is 0 Å². The molecule has 2 radical (unpaired) electrons. The van der Waals surface area contributed by atoms with E-state index in [-0.39, 0.29) is 39.7 Å². The summed E-state index contributed by atoms with van der Waals surface area (Å²) in [7, 11) is 0. The van der Waals surface area contributed by atoms with E-state index in [4.69, 9.17) is 10.3 Å². The van der Waals surface area contributed by atoms with Gasteiger partial charge >= 0.3 is 27.3 Å². The van der Waals surface area contributed by atoms with Crippen molar-refractivity contribution < 1.29 is 12.4 Å². The van der Waals surface area contributed by atoms with E-state index in [1.165, 1.54) is 38.9 Å². The number of para-hydroxylation sites is 3. The van der Waals surface area contributed by atoms with Crippen molar-refractivity contribution >= 4 is 50.3 Å². The molecule has 3 nitrogen and oxygen atoms in total. The van der Waals surface area contributed by atoms with Crippen LogP contribution in [-0.2, 0) is 0 Å². The average Bonchev–Trinajstić information content (AvgIpc) is 3.01. The number of aryl methyl sites for hydroxylation is 1. The molecule has 262 valence electrons. The van der Waals surface area contributed by atoms with Crippen LogP contribution in [0, 0.1) is 6.92 Å². The second-order valence-electron chi connectivity index (χ2n) is 14.6. The smallest absolute Gasteiger partial charge is 1.00 e. The van der Waals surface area contributed by atoms with Gasteiger partial charge in [-0.2, -0.15) is 0 Å². The number of nitrogens with zero attached hydrogens (tertiary/aromatic N) is 2. The molecule has 0 bridgehead atoms. The van der Waals surface area contributed by atoms with Gasteiger partial charge in [-0.25, -0.2) is 0 Å². The van der Waals surface area contributed by atoms with Crippen LogP contribution in [0.5, 0.6) is 0 Å². The van der Waals surface area contributed by atoms with Crippen LogP contribution in [0.1, 0.15) is 158 Å². The van der Waals surface area contributed by atoms with Gasteiger partial charge < -0.3 is 28.0 Å². The van der Waals surface area contributed by atoms with Crippen molar-refractivity contribution in [2.45, 2.75) is 126 Å². The maximum atomic E-state index is 5.43. The molecule has 0 aliphatic carbocycles. The number of nitrogens with one attached hydrogen (secondary N) is 1. The van der Waals surface area contributed by atoms with Crippen molar-refractivity contribution in [3.63, 3.8) is 0 Å². The van der Waals surface area contributed by atoms with Crippen LogP contribution in [0.4, 0.5) is 17.1 Å². The largest absolute Gasteiger partial charge is 2.00 e. The topological polar surface area (TPSA) is 38.5 Å². The van der Waals surface area contributed by atoms with Gasteiger partial charge in [-0.3, -0.25) is 0 Å². The Kier molecular flexibility index (Phi) is 18.9. The molecule has 4 rings (SSSR count). The molecule has 0 heterocycles. The Hall–Kier alpha value is -2.64. The Morgan fingerprint density at radius 1 is 0.490 bits per heavy atom. The molecule has 0 fully saturated rings. The zero-order valence-corrected chi connectivity index (χ0v) is 37.0. The Balaban J connectivity index is 0.00000118. The minimum absolute atomic E-state index is 0. The van der Waals surface area contributed by atoms with E-state index in [2.05, 4.69) is 162 Å². The Morgan fingerprint density at radius 2 is 0.837 bits per heavy atom. The first kappa shape index (κ1) is 44.4. The summed E-state index contributed by atoms with van der Waals surface area (Å²) in [5.74, 6) is 2.78. The summed E-state index contributed by atoms with van der Waals surface area (Å²) in [6.45, 7) is 29.1. The van der Waals surface area contributed by atoms with Crippen LogP contribution in [0.25, 0.3) is 5.32 Å². The molecule has 49 heavy (non-hydrogen) atoms. The SMILES string of the molecule is CC(C)c1cccc(C(C)C)c1N=C([N-]c1c(C(C)C)cccc1C(C)C)Nc1c(C(C)C)cccc1C(C)C.Cc1ccccc1.[Cl-].[Pb+2]. The second kappa shape index (κ2) is 20.9. The fourth-order valence-corrected chi connectivity index (χ4v) is 5.92. The van der Waals surface area contributed by atoms with Crippen LogP contribution in [0.15, 0.2) is 89.9 Å². The number of rotatable bonds is 9. The van der Waals surface area contributed by atoms with Crippen molar-refractivity contribution in [2.75, 3.05) is 5.32 Å². The van der Waals surface area contributed by atoms with Crippen LogP contribution in [-0.4, -0.2) is 33.3 Å². The number of anilines is 1. The van der Waals surface area contributed by atoms with Gasteiger partial charge in [0.2, 0.25) is 0 Å². The third-order valence-electron chi connectivity index (χ3n) is 8.67. The molecule has 5 heteroatoms. The van der Waals surface area contributed by atoms with E-state index in [0.29, 0.717) is 41.5 Å². The average molecular weight is 874 g/mol. The fraction of sp³-hybridized carbons (Fsp3) is 0.432. The van der Waals surface area contributed by atoms with Gasteiger partial charge in [0.15, 0.2) is 0 Å². The molecule has 0 saturated heterocycles. The summed E-state index contributed by atoms with van der Waals surface area (Å²) >= 11 is 0. The number of benzene rings is 4. The molecule has 0 amide bonds. The molecule has 0 aliphatic rings. The second-order valence-corrected chi connectivity index (χ2v) is 14.6. The van der Waals surface area contributed by atoms with E-state index < -0.39 is 0 Å². The minimum Gasteiger partial charge on any atom is -1.00 e. The Bertz CT molecular complexity index is 1460. The first-order valence-electron chi connectivity index (χ1n) is 17.7. The number of aliphatic imine (C=N–C) groups is 1. The normalized spacial score (nSPS) is 11.4. The van der Waals surface area contributed by atoms with Gasteiger partial charge in [-0.1, -0.05) is 174 Å². The quantitative estimate of drug-likeness (QED) is 0.102. The standard InChI is InChI=1S/C37H52N3.C7H8.ClH.Pb/c1-22(2)28-16-13-17-29(23(3)4)34(28)38-37(39-35-30(24(5)6)18-14-19-31(35)25(7)8)40-36-32(26(9)10)20-15-21-33(36)27(11)12;1-7-5-3-2-4-6-7;;/h13-27H,1-12H3,(H-,38,39,40);2-6H,1H3;1H;/q-1;;;+2/p-1. The van der Waals surface area contributed by atoms with Crippen LogP contribution in [0.2, 0.25) is 0 Å². The van der Waals surface area contributed by atoms with Crippen molar-refractivity contribution in [3.8, 4) is 0 Å². The molecule has 0 saturated carbocycles. The summed E-state index contributed by atoms with van der Waals surface area (Å²) in [5, 5.41) is 9.26. The predicted molar refractivity (Wildman–Crippen MR) is 215 cm³/mol. The van der Waals surface area contributed by atoms with Gasteiger partial charge in [-0.05, 0) is 92.9 Å². The summed E-state index contributed by atoms with van der Waals surface area (Å²) in [4.78, 5) is 5.43. The van der Waals surface area contributed by atoms with Crippen molar-refractivity contribution in [2.24, 2.45) is 4.99 Å². The van der Waals surface area contributed by atoms with Crippen LogP contribution >= 0.6 is 0 Å². The van der Waals surface area contributed by atoms with E-state index in [1.54, 1.807) is 0 Å². The van der Waals surface area contributed by atoms with Crippen LogP contribution < -0.4 is 17.7 Å². The van der Waals surface area contributed by atoms with Gasteiger partial charge in [0.05, 0.1) is 0 Å². The van der Waals surface area contributed by atoms with Crippen molar-refractivity contribution in [1.82, 2.24) is 0 Å². The Morgan fingerprint density at radius 3 is 1.16 bits per heavy atom. The number of hydrogen-bond acceptors (Lipinski definition) is 1. The zero-order valence-electron chi connectivity index (χ0n) is 32.3. The molecule has 0 aromatic heterocycles. The predicted octanol–water partition coefficient (Wildman–Crippen LogP) is 10.9. The molecule has 0 unspecified atom stereocenters. The summed E-state index contributed by atoms with van der Waals surface area (Å²) in [5.41, 5.74) is 12.1. The third-order valence-corrected chi connectivity index (χ3v) is 8.67. The first-order valence-corrected chi connectivity index (χ1v) is 17.7. The monoisotopic (exact) mass is 873 g/mol. The van der Waals surface area contributed by atoms with Gasteiger partial charge in [0.25, 0.3) is 0 Å². The number of hydrogen-bond donors (Lipinski definition) is 1. The van der Waals surface area contributed by atoms with Gasteiger partial charge in [0, 0.05) is 5.96 Å². The molecule has 0 aliphatic heterocycles. The van der Waals surface area contributed by atoms with Gasteiger partial charge in [-0.15, -0.1) is 0 Å². The van der Waals surface area contributed by atoms with Crippen molar-refractivity contribution in [1.29, 1.82) is 0 Å². The minimum atomic E-state index is 0. The van der Waals surface area contributed by atoms with E-state index in [1.807, 2.05) is 18.2 Å². The van der Waals surface area contributed by atoms with E-state index in [9.17, 15) is 0 Å². The third kappa shape index (κ3) is 12.3. The Labute approximate surface area is 325 Å². The fourth-order valence-electron chi connectivity index (χ4n) is 5.92. The molecule has 4 aromatic rings. The first-order chi connectivity index (χ1) is 22.2. The molecular weight excluding hydrogens is 813 g/mol. The summed E-state index contributed by atoms with van der Waals surface area (Å²) in [6.07, 6.45) is 0. The van der Waals surface area contributed by atoms with E-state index >= 15 is 0 Å². The summed E-state index contributed by atoms with van der Waals surface area (Å²) < 4.78 is 0. The number of halogens is 1. The summed E-state index contributed by atoms with van der Waals surface area (Å²) in [6, 6.07) is 30.1. The van der Waals surface area contributed by atoms with E-state index in [0.717, 1.165) is 17.1 Å². The van der Waals surface area contributed by atoms with Crippen LogP contribution in [0.3, 0.4) is 0 Å².